The molecule has 0 aromatic carbocycles. The summed E-state index contributed by atoms with van der Waals surface area (Å²) in [5.41, 5.74) is 8.53. The van der Waals surface area contributed by atoms with E-state index in [0.717, 1.165) is 11.3 Å². The van der Waals surface area contributed by atoms with Crippen LogP contribution >= 0.6 is 0 Å². The molecule has 0 amide bonds. The van der Waals surface area contributed by atoms with E-state index in [-0.39, 0.29) is 5.69 Å². The third-order valence-electron chi connectivity index (χ3n) is 2.92. The highest BCUT2D eigenvalue weighted by atomic mass is 16.5. The van der Waals surface area contributed by atoms with Crippen molar-refractivity contribution in [3.63, 3.8) is 0 Å². The molecule has 110 valence electrons. The van der Waals surface area contributed by atoms with Gasteiger partial charge in [0.2, 0.25) is 0 Å². The van der Waals surface area contributed by atoms with Gasteiger partial charge in [-0.25, -0.2) is 9.78 Å². The monoisotopic (exact) mass is 286 g/mol. The van der Waals surface area contributed by atoms with Gasteiger partial charge in [-0.3, -0.25) is 4.98 Å². The zero-order valence-electron chi connectivity index (χ0n) is 12.1. The van der Waals surface area contributed by atoms with E-state index in [1.165, 1.54) is 6.20 Å². The highest BCUT2D eigenvalue weighted by Gasteiger charge is 2.14. The van der Waals surface area contributed by atoms with Crippen LogP contribution < -0.4 is 11.1 Å². The number of pyridine rings is 2. The summed E-state index contributed by atoms with van der Waals surface area (Å²) in [6.07, 6.45) is 3.31. The zero-order valence-corrected chi connectivity index (χ0v) is 12.1. The maximum atomic E-state index is 11.8. The Labute approximate surface area is 123 Å². The average molecular weight is 286 g/mol. The molecular formula is C15H18N4O2. The molecule has 0 fully saturated rings. The van der Waals surface area contributed by atoms with E-state index in [1.807, 2.05) is 19.1 Å². The number of nitrogens with zero attached hydrogens (tertiary/aromatic N) is 2. The van der Waals surface area contributed by atoms with Crippen LogP contribution in [0.25, 0.3) is 0 Å². The highest BCUT2D eigenvalue weighted by Crippen LogP contribution is 2.21. The first-order chi connectivity index (χ1) is 10.1. The molecule has 2 aromatic rings. The third kappa shape index (κ3) is 3.68. The van der Waals surface area contributed by atoms with E-state index in [2.05, 4.69) is 15.3 Å². The summed E-state index contributed by atoms with van der Waals surface area (Å²) >= 11 is 0. The van der Waals surface area contributed by atoms with Crippen LogP contribution in [0.15, 0.2) is 30.6 Å². The first-order valence-corrected chi connectivity index (χ1v) is 6.68. The second-order valence-electron chi connectivity index (χ2n) is 4.50. The molecular weight excluding hydrogens is 268 g/mol. The first-order valence-electron chi connectivity index (χ1n) is 6.68. The van der Waals surface area contributed by atoms with Crippen molar-refractivity contribution in [2.24, 2.45) is 0 Å². The SMILES string of the molecule is CCOC(=O)c1ccnc(NCc2ccc(C)nc2)c1N. The third-order valence-corrected chi connectivity index (χ3v) is 2.92. The number of rotatable bonds is 5. The fourth-order valence-corrected chi connectivity index (χ4v) is 1.79. The number of carbonyl (C=O) groups excluding carboxylic acids is 1. The summed E-state index contributed by atoms with van der Waals surface area (Å²) in [7, 11) is 0. The van der Waals surface area contributed by atoms with Gasteiger partial charge in [-0.2, -0.15) is 0 Å². The number of nitrogen functional groups attached to an aromatic ring is 1. The lowest BCUT2D eigenvalue weighted by atomic mass is 10.2. The van der Waals surface area contributed by atoms with E-state index >= 15 is 0 Å². The molecule has 2 heterocycles. The number of aryl methyl sites for hydroxylation is 1. The van der Waals surface area contributed by atoms with Crippen LogP contribution in [0.2, 0.25) is 0 Å². The Bertz CT molecular complexity index is 626. The van der Waals surface area contributed by atoms with Gasteiger partial charge in [-0.05, 0) is 31.5 Å². The van der Waals surface area contributed by atoms with Gasteiger partial charge in [0, 0.05) is 24.6 Å². The number of hydrogen-bond donors (Lipinski definition) is 2. The standard InChI is InChI=1S/C15H18N4O2/c1-3-21-15(20)12-6-7-17-14(13(12)16)19-9-11-5-4-10(2)18-8-11/h4-8H,3,9,16H2,1-2H3,(H,17,19). The topological polar surface area (TPSA) is 90.1 Å². The van der Waals surface area contributed by atoms with Gasteiger partial charge in [-0.1, -0.05) is 6.07 Å². The van der Waals surface area contributed by atoms with Crippen molar-refractivity contribution in [1.82, 2.24) is 9.97 Å². The molecule has 6 heteroatoms. The molecule has 0 unspecified atom stereocenters. The van der Waals surface area contributed by atoms with E-state index in [0.29, 0.717) is 24.5 Å². The lowest BCUT2D eigenvalue weighted by Crippen LogP contribution is -2.12. The molecule has 0 aliphatic carbocycles. The number of nitrogens with two attached hydrogens (primary N) is 1. The van der Waals surface area contributed by atoms with Crippen molar-refractivity contribution in [2.75, 3.05) is 17.7 Å². The summed E-state index contributed by atoms with van der Waals surface area (Å²) in [4.78, 5) is 20.1. The predicted molar refractivity (Wildman–Crippen MR) is 80.9 cm³/mol. The maximum Gasteiger partial charge on any atom is 0.340 e. The van der Waals surface area contributed by atoms with Gasteiger partial charge in [0.25, 0.3) is 0 Å². The van der Waals surface area contributed by atoms with Crippen LogP contribution in [0.1, 0.15) is 28.5 Å². The van der Waals surface area contributed by atoms with Crippen LogP contribution in [0.5, 0.6) is 0 Å². The van der Waals surface area contributed by atoms with Crippen molar-refractivity contribution in [2.45, 2.75) is 20.4 Å². The minimum Gasteiger partial charge on any atom is -0.462 e. The number of esters is 1. The van der Waals surface area contributed by atoms with E-state index in [9.17, 15) is 4.79 Å². The Kier molecular flexibility index (Phi) is 4.71. The lowest BCUT2D eigenvalue weighted by Gasteiger charge is -2.11. The normalized spacial score (nSPS) is 10.2. The number of ether oxygens (including phenoxy) is 1. The molecule has 21 heavy (non-hydrogen) atoms. The van der Waals surface area contributed by atoms with Gasteiger partial charge in [0.05, 0.1) is 17.9 Å². The molecule has 2 rings (SSSR count). The molecule has 0 saturated heterocycles. The van der Waals surface area contributed by atoms with Crippen LogP contribution in [-0.4, -0.2) is 22.5 Å². The predicted octanol–water partition coefficient (Wildman–Crippen LogP) is 2.16. The fraction of sp³-hybridized carbons (Fsp3) is 0.267. The van der Waals surface area contributed by atoms with Crippen LogP contribution in [0, 0.1) is 6.92 Å². The second kappa shape index (κ2) is 6.69. The fourth-order valence-electron chi connectivity index (χ4n) is 1.79. The van der Waals surface area contributed by atoms with Gasteiger partial charge >= 0.3 is 5.97 Å². The van der Waals surface area contributed by atoms with Gasteiger partial charge in [0.1, 0.15) is 5.82 Å². The molecule has 2 aromatic heterocycles. The molecule has 0 spiro atoms. The van der Waals surface area contributed by atoms with Crippen molar-refractivity contribution < 1.29 is 9.53 Å². The van der Waals surface area contributed by atoms with Gasteiger partial charge in [-0.15, -0.1) is 0 Å². The number of anilines is 2. The van der Waals surface area contributed by atoms with Crippen molar-refractivity contribution in [3.05, 3.63) is 47.4 Å². The molecule has 0 aliphatic heterocycles. The lowest BCUT2D eigenvalue weighted by molar-refractivity contribution is 0.0527. The first kappa shape index (κ1) is 14.8. The molecule has 6 nitrogen and oxygen atoms in total. The molecule has 3 N–H and O–H groups in total. The summed E-state index contributed by atoms with van der Waals surface area (Å²) in [5.74, 6) is 0.0126. The number of hydrogen-bond acceptors (Lipinski definition) is 6. The van der Waals surface area contributed by atoms with Crippen LogP contribution in [0.3, 0.4) is 0 Å². The van der Waals surface area contributed by atoms with E-state index in [1.54, 1.807) is 19.2 Å². The Morgan fingerprint density at radius 1 is 1.33 bits per heavy atom. The Balaban J connectivity index is 2.11. The minimum atomic E-state index is -0.447. The molecule has 0 bridgehead atoms. The van der Waals surface area contributed by atoms with Crippen LogP contribution in [-0.2, 0) is 11.3 Å². The quantitative estimate of drug-likeness (QED) is 0.819. The highest BCUT2D eigenvalue weighted by molar-refractivity contribution is 5.97. The van der Waals surface area contributed by atoms with Crippen LogP contribution in [0.4, 0.5) is 11.5 Å². The van der Waals surface area contributed by atoms with Crippen molar-refractivity contribution in [3.8, 4) is 0 Å². The minimum absolute atomic E-state index is 0.288. The Morgan fingerprint density at radius 2 is 2.14 bits per heavy atom. The summed E-state index contributed by atoms with van der Waals surface area (Å²) in [6, 6.07) is 5.45. The second-order valence-corrected chi connectivity index (χ2v) is 4.50. The summed E-state index contributed by atoms with van der Waals surface area (Å²) < 4.78 is 4.96. The number of nitrogens with one attached hydrogen (secondary N) is 1. The molecule has 0 aliphatic rings. The zero-order chi connectivity index (χ0) is 15.2. The van der Waals surface area contributed by atoms with E-state index in [4.69, 9.17) is 10.5 Å². The van der Waals surface area contributed by atoms with Gasteiger partial charge < -0.3 is 15.8 Å². The molecule has 0 saturated carbocycles. The summed E-state index contributed by atoms with van der Waals surface area (Å²) in [5, 5.41) is 3.10. The average Bonchev–Trinajstić information content (AvgIpc) is 2.48. The smallest absolute Gasteiger partial charge is 0.340 e. The Morgan fingerprint density at radius 3 is 2.81 bits per heavy atom. The maximum absolute atomic E-state index is 11.8. The van der Waals surface area contributed by atoms with E-state index < -0.39 is 5.97 Å². The van der Waals surface area contributed by atoms with Crippen molar-refractivity contribution in [1.29, 1.82) is 0 Å². The Hall–Kier alpha value is -2.63. The largest absolute Gasteiger partial charge is 0.462 e. The molecule has 0 radical (unpaired) electrons. The molecule has 0 atom stereocenters. The number of carbonyl (C=O) groups is 1. The number of aromatic nitrogens is 2. The summed E-state index contributed by atoms with van der Waals surface area (Å²) in [6.45, 7) is 4.51. The van der Waals surface area contributed by atoms with Gasteiger partial charge in [0.15, 0.2) is 0 Å². The van der Waals surface area contributed by atoms with Crippen molar-refractivity contribution >= 4 is 17.5 Å².